The number of carbonyl (C=O) groups is 1. The van der Waals surface area contributed by atoms with E-state index in [1.54, 1.807) is 13.2 Å². The van der Waals surface area contributed by atoms with Gasteiger partial charge in [-0.15, -0.1) is 0 Å². The molecule has 0 aromatic heterocycles. The van der Waals surface area contributed by atoms with Crippen LogP contribution in [0.25, 0.3) is 0 Å². The topological polar surface area (TPSA) is 43.4 Å². The number of fused-ring (bicyclic) bond motifs is 5. The number of carbonyl (C=O) groups excluding carboxylic acids is 1. The molecule has 0 amide bonds. The van der Waals surface area contributed by atoms with Crippen LogP contribution < -0.4 is 0 Å². The lowest BCUT2D eigenvalue weighted by atomic mass is 9.51. The third-order valence-electron chi connectivity index (χ3n) is 8.96. The van der Waals surface area contributed by atoms with E-state index in [0.717, 1.165) is 29.9 Å². The molecule has 0 saturated heterocycles. The maximum atomic E-state index is 15.4. The number of hydrogen-bond donors (Lipinski definition) is 0. The van der Waals surface area contributed by atoms with Gasteiger partial charge >= 0.3 is 0 Å². The summed E-state index contributed by atoms with van der Waals surface area (Å²) < 4.78 is 34.3. The van der Waals surface area contributed by atoms with Crippen molar-refractivity contribution in [2.24, 2.45) is 22.7 Å². The molecule has 5 heteroatoms. The van der Waals surface area contributed by atoms with E-state index in [9.17, 15) is 9.00 Å². The molecule has 2 saturated carbocycles. The van der Waals surface area contributed by atoms with E-state index < -0.39 is 17.0 Å². The molecule has 0 N–H and O–H groups in total. The maximum Gasteiger partial charge on any atom is 0.155 e. The molecule has 4 aliphatic carbocycles. The highest BCUT2D eigenvalue weighted by Crippen LogP contribution is 2.65. The summed E-state index contributed by atoms with van der Waals surface area (Å²) in [5.41, 5.74) is 2.88. The molecule has 2 fully saturated rings. The molecule has 5 rings (SSSR count). The lowest BCUT2D eigenvalue weighted by Crippen LogP contribution is -2.47. The lowest BCUT2D eigenvalue weighted by molar-refractivity contribution is -0.115. The zero-order valence-electron chi connectivity index (χ0n) is 19.7. The average molecular weight is 469 g/mol. The fraction of sp³-hybridized carbons (Fsp3) is 0.536. The van der Waals surface area contributed by atoms with Crippen molar-refractivity contribution < 1.29 is 18.1 Å². The van der Waals surface area contributed by atoms with E-state index in [4.69, 9.17) is 4.74 Å². The molecule has 0 bridgehead atoms. The maximum absolute atomic E-state index is 15.4. The van der Waals surface area contributed by atoms with Crippen LogP contribution >= 0.6 is 0 Å². The van der Waals surface area contributed by atoms with Gasteiger partial charge in [-0.25, -0.2) is 4.39 Å². The number of hydrogen-bond acceptors (Lipinski definition) is 3. The molecule has 3 nitrogen and oxygen atoms in total. The minimum atomic E-state index is -1.17. The first-order chi connectivity index (χ1) is 15.8. The van der Waals surface area contributed by atoms with Crippen LogP contribution in [0.5, 0.6) is 0 Å². The monoisotopic (exact) mass is 468 g/mol. The van der Waals surface area contributed by atoms with Crippen LogP contribution in [0.3, 0.4) is 0 Å². The number of methoxy groups -OCH3 is 1. The first-order valence-corrected chi connectivity index (χ1v) is 13.4. The Morgan fingerprint density at radius 1 is 1.18 bits per heavy atom. The normalized spacial score (nSPS) is 37.8. The molecular weight excluding hydrogens is 435 g/mol. The van der Waals surface area contributed by atoms with Gasteiger partial charge in [0, 0.05) is 16.7 Å². The van der Waals surface area contributed by atoms with E-state index in [1.807, 2.05) is 30.3 Å². The van der Waals surface area contributed by atoms with Crippen LogP contribution in [0.15, 0.2) is 69.9 Å². The van der Waals surface area contributed by atoms with Crippen molar-refractivity contribution >= 4 is 16.6 Å². The minimum Gasteiger partial charge on any atom is -0.500 e. The first-order valence-electron chi connectivity index (χ1n) is 12.1. The van der Waals surface area contributed by atoms with Crippen LogP contribution in [0.1, 0.15) is 52.4 Å². The molecule has 1 unspecified atom stereocenters. The fourth-order valence-electron chi connectivity index (χ4n) is 7.18. The smallest absolute Gasteiger partial charge is 0.155 e. The Balaban J connectivity index is 1.49. The van der Waals surface area contributed by atoms with Gasteiger partial charge in [-0.2, -0.15) is 0 Å². The second kappa shape index (κ2) is 8.33. The van der Waals surface area contributed by atoms with Crippen molar-refractivity contribution in [2.75, 3.05) is 12.9 Å². The van der Waals surface area contributed by atoms with E-state index in [2.05, 4.69) is 19.9 Å². The van der Waals surface area contributed by atoms with E-state index in [1.165, 1.54) is 11.1 Å². The molecule has 0 spiro atoms. The average Bonchev–Trinajstić information content (AvgIpc) is 3.16. The molecule has 0 aliphatic heterocycles. The number of rotatable bonds is 4. The van der Waals surface area contributed by atoms with E-state index in [0.29, 0.717) is 36.5 Å². The highest BCUT2D eigenvalue weighted by molar-refractivity contribution is 7.85. The Hall–Kier alpha value is -2.01. The quantitative estimate of drug-likeness (QED) is 0.396. The van der Waals surface area contributed by atoms with Gasteiger partial charge in [-0.1, -0.05) is 43.7 Å². The lowest BCUT2D eigenvalue weighted by Gasteiger charge is -2.53. The molecule has 0 heterocycles. The predicted molar refractivity (Wildman–Crippen MR) is 129 cm³/mol. The molecular formula is C28H33FO3S. The highest BCUT2D eigenvalue weighted by Gasteiger charge is 2.57. The standard InChI is InChI=1S/C28H33FO3S/c1-27-14-12-22-20(16-25(29)24-15-18(30)11-13-28(22,24)2)21(27)9-10-23(27)26(32-3)17-33(31)19-7-5-4-6-8-19/h4-8,12,15,20-21,25H,9-11,13-14,16-17H2,1-3H3/t20-,21-,25-,27-,28+,33?/m0/s1. The van der Waals surface area contributed by atoms with E-state index in [-0.39, 0.29) is 22.5 Å². The molecule has 1 aromatic carbocycles. The van der Waals surface area contributed by atoms with Gasteiger partial charge in [0.25, 0.3) is 0 Å². The van der Waals surface area contributed by atoms with Gasteiger partial charge in [0.1, 0.15) is 11.9 Å². The summed E-state index contributed by atoms with van der Waals surface area (Å²) >= 11 is 0. The summed E-state index contributed by atoms with van der Waals surface area (Å²) in [6.07, 6.45) is 7.37. The third kappa shape index (κ3) is 3.58. The number of alkyl halides is 1. The first kappa shape index (κ1) is 22.8. The Morgan fingerprint density at radius 3 is 2.67 bits per heavy atom. The Morgan fingerprint density at radius 2 is 1.94 bits per heavy atom. The van der Waals surface area contributed by atoms with Crippen LogP contribution in [-0.2, 0) is 20.3 Å². The Labute approximate surface area is 198 Å². The molecule has 0 radical (unpaired) electrons. The van der Waals surface area contributed by atoms with Crippen LogP contribution in [0.4, 0.5) is 4.39 Å². The largest absolute Gasteiger partial charge is 0.500 e. The molecule has 1 aromatic rings. The fourth-order valence-corrected chi connectivity index (χ4v) is 8.34. The SMILES string of the molecule is COC(CS(=O)c1ccccc1)=C1CC[C@H]2[C@@H]3C[C@H](F)C4=CC(=O)CC[C@]4(C)C3=CC[C@]12C. The minimum absolute atomic E-state index is 0.0621. The summed E-state index contributed by atoms with van der Waals surface area (Å²) in [7, 11) is 0.514. The van der Waals surface area contributed by atoms with Crippen LogP contribution in [-0.4, -0.2) is 29.0 Å². The summed E-state index contributed by atoms with van der Waals surface area (Å²) in [5.74, 6) is 1.80. The summed E-state index contributed by atoms with van der Waals surface area (Å²) in [5, 5.41) is 0. The van der Waals surface area contributed by atoms with Gasteiger partial charge in [0.2, 0.25) is 0 Å². The van der Waals surface area contributed by atoms with Gasteiger partial charge in [-0.05, 0) is 78.7 Å². The van der Waals surface area contributed by atoms with Crippen molar-refractivity contribution in [3.05, 3.63) is 65.0 Å². The molecule has 4 aliphatic rings. The molecule has 176 valence electrons. The summed E-state index contributed by atoms with van der Waals surface area (Å²) in [6.45, 7) is 4.44. The van der Waals surface area contributed by atoms with E-state index >= 15 is 4.39 Å². The third-order valence-corrected chi connectivity index (χ3v) is 10.3. The number of benzene rings is 1. The summed E-state index contributed by atoms with van der Waals surface area (Å²) in [6, 6.07) is 9.54. The number of ketones is 1. The van der Waals surface area contributed by atoms with Crippen molar-refractivity contribution in [1.82, 2.24) is 0 Å². The van der Waals surface area contributed by atoms with Crippen LogP contribution in [0.2, 0.25) is 0 Å². The number of allylic oxidation sites excluding steroid dienone is 5. The van der Waals surface area contributed by atoms with Gasteiger partial charge in [0.15, 0.2) is 5.78 Å². The second-order valence-corrected chi connectivity index (χ2v) is 12.0. The van der Waals surface area contributed by atoms with Crippen molar-refractivity contribution in [3.8, 4) is 0 Å². The van der Waals surface area contributed by atoms with Crippen molar-refractivity contribution in [2.45, 2.75) is 63.4 Å². The van der Waals surface area contributed by atoms with Crippen molar-refractivity contribution in [1.29, 1.82) is 0 Å². The van der Waals surface area contributed by atoms with Gasteiger partial charge in [-0.3, -0.25) is 9.00 Å². The Bertz CT molecular complexity index is 1090. The Kier molecular flexibility index (Phi) is 5.75. The predicted octanol–water partition coefficient (Wildman–Crippen LogP) is 6.09. The number of ether oxygens (including phenoxy) is 1. The summed E-state index contributed by atoms with van der Waals surface area (Å²) in [4.78, 5) is 12.8. The second-order valence-electron chi connectivity index (χ2n) is 10.5. The van der Waals surface area contributed by atoms with Gasteiger partial charge < -0.3 is 4.74 Å². The molecule has 33 heavy (non-hydrogen) atoms. The van der Waals surface area contributed by atoms with Gasteiger partial charge in [0.05, 0.1) is 23.7 Å². The molecule has 6 atom stereocenters. The highest BCUT2D eigenvalue weighted by atomic mass is 32.2. The zero-order valence-corrected chi connectivity index (χ0v) is 20.6. The van der Waals surface area contributed by atoms with Crippen molar-refractivity contribution in [3.63, 3.8) is 0 Å². The van der Waals surface area contributed by atoms with Crippen LogP contribution in [0, 0.1) is 22.7 Å². The number of halogens is 1. The zero-order chi connectivity index (χ0) is 23.4.